The molecule has 1 heterocycles. The van der Waals surface area contributed by atoms with Crippen molar-refractivity contribution in [2.24, 2.45) is 17.8 Å². The lowest BCUT2D eigenvalue weighted by Gasteiger charge is -2.45. The highest BCUT2D eigenvalue weighted by molar-refractivity contribution is 5.97. The molecule has 4 atom stereocenters. The summed E-state index contributed by atoms with van der Waals surface area (Å²) in [6, 6.07) is -0.620. The largest absolute Gasteiger partial charge is 0.342 e. The second-order valence-corrected chi connectivity index (χ2v) is 7.26. The van der Waals surface area contributed by atoms with Crippen molar-refractivity contribution in [2.75, 3.05) is 0 Å². The van der Waals surface area contributed by atoms with Gasteiger partial charge in [0.2, 0.25) is 11.8 Å². The lowest BCUT2D eigenvalue weighted by atomic mass is 9.89. The molecule has 21 heavy (non-hydrogen) atoms. The maximum Gasteiger partial charge on any atom is 0.246 e. The average Bonchev–Trinajstić information content (AvgIpc) is 2.39. The summed E-state index contributed by atoms with van der Waals surface area (Å²) in [5.41, 5.74) is 0. The second kappa shape index (κ2) is 7.28. The fraction of sp³-hybridized carbons (Fsp3) is 0.882. The molecule has 2 amide bonds. The van der Waals surface area contributed by atoms with E-state index in [1.54, 1.807) is 0 Å². The van der Waals surface area contributed by atoms with E-state index in [9.17, 15) is 9.59 Å². The molecule has 0 saturated carbocycles. The number of rotatable bonds is 6. The van der Waals surface area contributed by atoms with Crippen LogP contribution in [0.2, 0.25) is 0 Å². The van der Waals surface area contributed by atoms with Gasteiger partial charge >= 0.3 is 0 Å². The van der Waals surface area contributed by atoms with E-state index in [0.29, 0.717) is 5.92 Å². The van der Waals surface area contributed by atoms with E-state index in [4.69, 9.17) is 0 Å². The van der Waals surface area contributed by atoms with Crippen LogP contribution in [0.4, 0.5) is 0 Å². The van der Waals surface area contributed by atoms with Gasteiger partial charge in [-0.1, -0.05) is 48.0 Å². The maximum absolute atomic E-state index is 12.8. The molecule has 0 spiro atoms. The Hall–Kier alpha value is -1.06. The van der Waals surface area contributed by atoms with Crippen LogP contribution in [-0.4, -0.2) is 34.8 Å². The third-order valence-electron chi connectivity index (χ3n) is 4.60. The molecule has 1 fully saturated rings. The van der Waals surface area contributed by atoms with Gasteiger partial charge in [-0.3, -0.25) is 9.59 Å². The molecule has 1 aliphatic rings. The first-order chi connectivity index (χ1) is 9.70. The van der Waals surface area contributed by atoms with Gasteiger partial charge < -0.3 is 10.2 Å². The quantitative estimate of drug-likeness (QED) is 0.819. The zero-order chi connectivity index (χ0) is 16.3. The Bertz CT molecular complexity index is 379. The molecule has 4 unspecified atom stereocenters. The van der Waals surface area contributed by atoms with Crippen molar-refractivity contribution in [1.29, 1.82) is 0 Å². The van der Waals surface area contributed by atoms with Gasteiger partial charge in [-0.2, -0.15) is 0 Å². The van der Waals surface area contributed by atoms with Gasteiger partial charge in [0.15, 0.2) is 0 Å². The van der Waals surface area contributed by atoms with Crippen molar-refractivity contribution in [3.05, 3.63) is 0 Å². The third-order valence-corrected chi connectivity index (χ3v) is 4.60. The zero-order valence-corrected chi connectivity index (χ0v) is 14.6. The van der Waals surface area contributed by atoms with E-state index in [0.717, 1.165) is 12.8 Å². The normalized spacial score (nSPS) is 26.2. The smallest absolute Gasteiger partial charge is 0.246 e. The molecule has 4 heteroatoms. The fourth-order valence-electron chi connectivity index (χ4n) is 3.15. The summed E-state index contributed by atoms with van der Waals surface area (Å²) in [5.74, 6) is 0.885. The Morgan fingerprint density at radius 2 is 1.62 bits per heavy atom. The molecule has 0 bridgehead atoms. The van der Waals surface area contributed by atoms with Crippen LogP contribution in [0.3, 0.4) is 0 Å². The van der Waals surface area contributed by atoms with Gasteiger partial charge in [0.25, 0.3) is 0 Å². The molecule has 0 aromatic carbocycles. The highest BCUT2D eigenvalue weighted by atomic mass is 16.2. The molecule has 4 nitrogen and oxygen atoms in total. The lowest BCUT2D eigenvalue weighted by molar-refractivity contribution is -0.155. The number of carbonyl (C=O) groups is 2. The molecule has 1 N–H and O–H groups in total. The number of hydrogen-bond acceptors (Lipinski definition) is 2. The highest BCUT2D eigenvalue weighted by Crippen LogP contribution is 2.26. The predicted molar refractivity (Wildman–Crippen MR) is 85.8 cm³/mol. The Kier molecular flexibility index (Phi) is 6.24. The van der Waals surface area contributed by atoms with E-state index >= 15 is 0 Å². The molecule has 0 aliphatic carbocycles. The minimum Gasteiger partial charge on any atom is -0.342 e. The van der Waals surface area contributed by atoms with Gasteiger partial charge in [-0.25, -0.2) is 0 Å². The Morgan fingerprint density at radius 1 is 1.05 bits per heavy atom. The van der Waals surface area contributed by atoms with Gasteiger partial charge in [0.05, 0.1) is 0 Å². The van der Waals surface area contributed by atoms with Crippen molar-refractivity contribution < 1.29 is 9.59 Å². The van der Waals surface area contributed by atoms with Gasteiger partial charge in [0.1, 0.15) is 12.1 Å². The summed E-state index contributed by atoms with van der Waals surface area (Å²) < 4.78 is 0. The molecule has 0 radical (unpaired) electrons. The molecular weight excluding hydrogens is 264 g/mol. The Labute approximate surface area is 129 Å². The first kappa shape index (κ1) is 18.0. The maximum atomic E-state index is 12.8. The van der Waals surface area contributed by atoms with Crippen molar-refractivity contribution in [2.45, 2.75) is 79.4 Å². The first-order valence-corrected chi connectivity index (χ1v) is 8.33. The number of carbonyl (C=O) groups excluding carboxylic acids is 2. The number of nitrogens with zero attached hydrogens (tertiary/aromatic N) is 1. The predicted octanol–water partition coefficient (Wildman–Crippen LogP) is 2.82. The third kappa shape index (κ3) is 3.98. The lowest BCUT2D eigenvalue weighted by Crippen LogP contribution is -2.68. The summed E-state index contributed by atoms with van der Waals surface area (Å²) in [7, 11) is 0. The number of piperazine rings is 1. The zero-order valence-electron chi connectivity index (χ0n) is 14.6. The van der Waals surface area contributed by atoms with Gasteiger partial charge in [-0.15, -0.1) is 0 Å². The number of hydrogen-bond donors (Lipinski definition) is 1. The average molecular weight is 296 g/mol. The molecule has 0 aromatic heterocycles. The van der Waals surface area contributed by atoms with Crippen molar-refractivity contribution >= 4 is 11.8 Å². The van der Waals surface area contributed by atoms with E-state index in [2.05, 4.69) is 26.1 Å². The van der Waals surface area contributed by atoms with Crippen LogP contribution in [0.5, 0.6) is 0 Å². The van der Waals surface area contributed by atoms with E-state index in [-0.39, 0.29) is 41.8 Å². The van der Waals surface area contributed by atoms with Crippen LogP contribution < -0.4 is 5.32 Å². The molecule has 1 saturated heterocycles. The Balaban J connectivity index is 3.05. The van der Waals surface area contributed by atoms with Crippen LogP contribution >= 0.6 is 0 Å². The molecule has 0 aromatic rings. The van der Waals surface area contributed by atoms with Gasteiger partial charge in [-0.05, 0) is 31.1 Å². The van der Waals surface area contributed by atoms with Crippen molar-refractivity contribution in [3.63, 3.8) is 0 Å². The highest BCUT2D eigenvalue weighted by Gasteiger charge is 2.44. The first-order valence-electron chi connectivity index (χ1n) is 8.33. The minimum absolute atomic E-state index is 0.000647. The molecule has 1 aliphatic heterocycles. The fourth-order valence-corrected chi connectivity index (χ4v) is 3.15. The van der Waals surface area contributed by atoms with E-state index < -0.39 is 0 Å². The van der Waals surface area contributed by atoms with Crippen LogP contribution in [0, 0.1) is 17.8 Å². The summed E-state index contributed by atoms with van der Waals surface area (Å²) in [6.07, 6.45) is 2.04. The molecular formula is C17H32N2O2. The van der Waals surface area contributed by atoms with Crippen LogP contribution in [0.1, 0.15) is 61.3 Å². The van der Waals surface area contributed by atoms with E-state index in [1.165, 1.54) is 0 Å². The monoisotopic (exact) mass is 296 g/mol. The van der Waals surface area contributed by atoms with Crippen LogP contribution in [0.25, 0.3) is 0 Å². The number of nitrogens with one attached hydrogen (secondary N) is 1. The minimum atomic E-state index is -0.383. The summed E-state index contributed by atoms with van der Waals surface area (Å²) in [6.45, 7) is 14.4. The Morgan fingerprint density at radius 3 is 2.05 bits per heavy atom. The standard InChI is InChI=1S/C17H32N2O2/c1-8-12(6)9-13(7)19-15(11(4)5)16(20)18-14(10(2)3)17(19)21/h10-15H,8-9H2,1-7H3,(H,18,20). The van der Waals surface area contributed by atoms with Crippen molar-refractivity contribution in [1.82, 2.24) is 10.2 Å². The van der Waals surface area contributed by atoms with Crippen LogP contribution in [-0.2, 0) is 9.59 Å². The SMILES string of the molecule is CCC(C)CC(C)N1C(=O)C(C(C)C)NC(=O)C1C(C)C. The summed E-state index contributed by atoms with van der Waals surface area (Å²) in [4.78, 5) is 27.2. The van der Waals surface area contributed by atoms with E-state index in [1.807, 2.05) is 32.6 Å². The molecule has 1 rings (SSSR count). The van der Waals surface area contributed by atoms with Gasteiger partial charge in [0, 0.05) is 6.04 Å². The van der Waals surface area contributed by atoms with Crippen LogP contribution in [0.15, 0.2) is 0 Å². The topological polar surface area (TPSA) is 49.4 Å². The summed E-state index contributed by atoms with van der Waals surface area (Å²) in [5, 5.41) is 2.92. The summed E-state index contributed by atoms with van der Waals surface area (Å²) >= 11 is 0. The second-order valence-electron chi connectivity index (χ2n) is 7.26. The number of amides is 2. The van der Waals surface area contributed by atoms with Crippen molar-refractivity contribution in [3.8, 4) is 0 Å². The molecule has 122 valence electrons.